The van der Waals surface area contributed by atoms with Crippen molar-refractivity contribution in [2.45, 2.75) is 38.3 Å². The van der Waals surface area contributed by atoms with Crippen LogP contribution in [0.2, 0.25) is 0 Å². The normalized spacial score (nSPS) is 21.1. The SMILES string of the molecule is O=[N+]([O-])c1cc(CN2CCCC[C@H]2CCO)cs1. The second-order valence-corrected chi connectivity index (χ2v) is 5.57. The topological polar surface area (TPSA) is 66.6 Å². The Morgan fingerprint density at radius 1 is 1.56 bits per heavy atom. The summed E-state index contributed by atoms with van der Waals surface area (Å²) in [4.78, 5) is 12.6. The Kier molecular flexibility index (Phi) is 4.68. The first kappa shape index (κ1) is 13.5. The van der Waals surface area contributed by atoms with Crippen LogP contribution in [-0.4, -0.2) is 34.1 Å². The van der Waals surface area contributed by atoms with Gasteiger partial charge in [-0.15, -0.1) is 0 Å². The van der Waals surface area contributed by atoms with Crippen molar-refractivity contribution in [2.24, 2.45) is 0 Å². The van der Waals surface area contributed by atoms with E-state index >= 15 is 0 Å². The van der Waals surface area contributed by atoms with Crippen LogP contribution in [0, 0.1) is 10.1 Å². The van der Waals surface area contributed by atoms with Crippen LogP contribution in [0.5, 0.6) is 0 Å². The molecule has 18 heavy (non-hydrogen) atoms. The van der Waals surface area contributed by atoms with Crippen molar-refractivity contribution in [1.82, 2.24) is 4.90 Å². The maximum absolute atomic E-state index is 10.6. The molecular weight excluding hydrogens is 252 g/mol. The Bertz CT molecular complexity index is 406. The lowest BCUT2D eigenvalue weighted by Crippen LogP contribution is -2.39. The fourth-order valence-electron chi connectivity index (χ4n) is 2.52. The highest BCUT2D eigenvalue weighted by Crippen LogP contribution is 2.26. The third-order valence-corrected chi connectivity index (χ3v) is 4.35. The van der Waals surface area contributed by atoms with Gasteiger partial charge < -0.3 is 5.11 Å². The van der Waals surface area contributed by atoms with Crippen LogP contribution in [-0.2, 0) is 6.54 Å². The monoisotopic (exact) mass is 270 g/mol. The van der Waals surface area contributed by atoms with Crippen LogP contribution in [0.4, 0.5) is 5.00 Å². The first-order valence-corrected chi connectivity index (χ1v) is 7.15. The maximum atomic E-state index is 10.6. The quantitative estimate of drug-likeness (QED) is 0.659. The van der Waals surface area contributed by atoms with E-state index in [0.717, 1.165) is 31.5 Å². The molecule has 0 amide bonds. The zero-order chi connectivity index (χ0) is 13.0. The molecule has 0 unspecified atom stereocenters. The molecule has 5 nitrogen and oxygen atoms in total. The molecule has 6 heteroatoms. The molecule has 1 aromatic heterocycles. The van der Waals surface area contributed by atoms with E-state index in [9.17, 15) is 10.1 Å². The third-order valence-electron chi connectivity index (χ3n) is 3.42. The van der Waals surface area contributed by atoms with E-state index in [1.165, 1.54) is 24.2 Å². The van der Waals surface area contributed by atoms with Gasteiger partial charge in [0, 0.05) is 30.6 Å². The van der Waals surface area contributed by atoms with Crippen LogP contribution in [0.3, 0.4) is 0 Å². The van der Waals surface area contributed by atoms with Crippen molar-refractivity contribution in [3.63, 3.8) is 0 Å². The van der Waals surface area contributed by atoms with E-state index in [2.05, 4.69) is 4.90 Å². The average Bonchev–Trinajstić information content (AvgIpc) is 2.81. The van der Waals surface area contributed by atoms with Crippen molar-refractivity contribution >= 4 is 16.3 Å². The fourth-order valence-corrected chi connectivity index (χ4v) is 3.24. The molecule has 2 heterocycles. The van der Waals surface area contributed by atoms with Gasteiger partial charge in [0.15, 0.2) is 0 Å². The molecule has 0 aliphatic carbocycles. The summed E-state index contributed by atoms with van der Waals surface area (Å²) in [5, 5.41) is 21.8. The standard InChI is InChI=1S/C12H18N2O3S/c15-6-4-11-3-1-2-5-13(11)8-10-7-12(14(16)17)18-9-10/h7,9,11,15H,1-6,8H2/t11-/m0/s1. The van der Waals surface area contributed by atoms with Crippen LogP contribution < -0.4 is 0 Å². The number of nitro groups is 1. The van der Waals surface area contributed by atoms with Gasteiger partial charge in [-0.1, -0.05) is 17.8 Å². The minimum Gasteiger partial charge on any atom is -0.396 e. The summed E-state index contributed by atoms with van der Waals surface area (Å²) in [6.45, 7) is 1.99. The molecule has 100 valence electrons. The molecule has 0 saturated carbocycles. The van der Waals surface area contributed by atoms with E-state index in [1.807, 2.05) is 5.38 Å². The lowest BCUT2D eigenvalue weighted by molar-refractivity contribution is -0.380. The molecule has 1 aromatic rings. The highest BCUT2D eigenvalue weighted by molar-refractivity contribution is 7.13. The molecule has 0 aromatic carbocycles. The van der Waals surface area contributed by atoms with Crippen LogP contribution in [0.1, 0.15) is 31.2 Å². The molecule has 0 spiro atoms. The Morgan fingerprint density at radius 2 is 2.39 bits per heavy atom. The summed E-state index contributed by atoms with van der Waals surface area (Å²) in [6.07, 6.45) is 4.30. The number of piperidine rings is 1. The van der Waals surface area contributed by atoms with Crippen molar-refractivity contribution in [1.29, 1.82) is 0 Å². The van der Waals surface area contributed by atoms with Crippen molar-refractivity contribution < 1.29 is 10.0 Å². The fraction of sp³-hybridized carbons (Fsp3) is 0.667. The van der Waals surface area contributed by atoms with Gasteiger partial charge >= 0.3 is 5.00 Å². The van der Waals surface area contributed by atoms with Gasteiger partial charge in [-0.3, -0.25) is 15.0 Å². The summed E-state index contributed by atoms with van der Waals surface area (Å²) in [7, 11) is 0. The number of hydrogen-bond acceptors (Lipinski definition) is 5. The second kappa shape index (κ2) is 6.26. The van der Waals surface area contributed by atoms with Gasteiger partial charge in [0.05, 0.1) is 4.92 Å². The van der Waals surface area contributed by atoms with Crippen molar-refractivity contribution in [3.8, 4) is 0 Å². The summed E-state index contributed by atoms with van der Waals surface area (Å²) in [5.41, 5.74) is 1.01. The molecule has 1 saturated heterocycles. The number of hydrogen-bond donors (Lipinski definition) is 1. The van der Waals surface area contributed by atoms with E-state index in [-0.39, 0.29) is 16.5 Å². The Hall–Kier alpha value is -0.980. The lowest BCUT2D eigenvalue weighted by Gasteiger charge is -2.35. The first-order valence-electron chi connectivity index (χ1n) is 6.27. The predicted octanol–water partition coefficient (Wildman–Crippen LogP) is 2.39. The average molecular weight is 270 g/mol. The smallest absolute Gasteiger partial charge is 0.324 e. The summed E-state index contributed by atoms with van der Waals surface area (Å²) in [5.74, 6) is 0. The molecule has 1 atom stereocenters. The van der Waals surface area contributed by atoms with E-state index in [1.54, 1.807) is 6.07 Å². The highest BCUT2D eigenvalue weighted by atomic mass is 32.1. The Balaban J connectivity index is 1.99. The van der Waals surface area contributed by atoms with Gasteiger partial charge in [-0.25, -0.2) is 0 Å². The van der Waals surface area contributed by atoms with E-state index < -0.39 is 0 Å². The molecule has 1 aliphatic rings. The van der Waals surface area contributed by atoms with Crippen molar-refractivity contribution in [3.05, 3.63) is 27.1 Å². The van der Waals surface area contributed by atoms with Gasteiger partial charge in [0.1, 0.15) is 0 Å². The molecule has 0 radical (unpaired) electrons. The summed E-state index contributed by atoms with van der Waals surface area (Å²) < 4.78 is 0. The van der Waals surface area contributed by atoms with Crippen LogP contribution >= 0.6 is 11.3 Å². The van der Waals surface area contributed by atoms with Gasteiger partial charge in [-0.05, 0) is 31.4 Å². The molecule has 1 aliphatic heterocycles. The summed E-state index contributed by atoms with van der Waals surface area (Å²) in [6, 6.07) is 2.08. The number of aliphatic hydroxyl groups is 1. The second-order valence-electron chi connectivity index (χ2n) is 4.68. The van der Waals surface area contributed by atoms with Gasteiger partial charge in [0.2, 0.25) is 0 Å². The number of rotatable bonds is 5. The molecule has 1 fully saturated rings. The predicted molar refractivity (Wildman–Crippen MR) is 70.7 cm³/mol. The number of likely N-dealkylation sites (tertiary alicyclic amines) is 1. The molecular formula is C12H18N2O3S. The minimum atomic E-state index is -0.338. The number of nitrogens with zero attached hydrogens (tertiary/aromatic N) is 2. The molecule has 2 rings (SSSR count). The maximum Gasteiger partial charge on any atom is 0.324 e. The highest BCUT2D eigenvalue weighted by Gasteiger charge is 2.22. The molecule has 1 N–H and O–H groups in total. The Labute approximate surface area is 110 Å². The third kappa shape index (κ3) is 3.28. The Morgan fingerprint density at radius 3 is 3.06 bits per heavy atom. The largest absolute Gasteiger partial charge is 0.396 e. The van der Waals surface area contributed by atoms with E-state index in [4.69, 9.17) is 5.11 Å². The van der Waals surface area contributed by atoms with Crippen LogP contribution in [0.15, 0.2) is 11.4 Å². The van der Waals surface area contributed by atoms with Crippen LogP contribution in [0.25, 0.3) is 0 Å². The zero-order valence-electron chi connectivity index (χ0n) is 10.2. The number of aliphatic hydroxyl groups excluding tert-OH is 1. The zero-order valence-corrected chi connectivity index (χ0v) is 11.1. The van der Waals surface area contributed by atoms with Gasteiger partial charge in [0.25, 0.3) is 0 Å². The first-order chi connectivity index (χ1) is 8.70. The van der Waals surface area contributed by atoms with Gasteiger partial charge in [-0.2, -0.15) is 0 Å². The minimum absolute atomic E-state index is 0.209. The number of thiophene rings is 1. The van der Waals surface area contributed by atoms with E-state index in [0.29, 0.717) is 6.04 Å². The lowest BCUT2D eigenvalue weighted by atomic mass is 9.99. The molecule has 0 bridgehead atoms. The summed E-state index contributed by atoms with van der Waals surface area (Å²) >= 11 is 1.19. The van der Waals surface area contributed by atoms with Crippen molar-refractivity contribution in [2.75, 3.05) is 13.2 Å².